The molecule has 1 fully saturated rings. The molecule has 1 heterocycles. The molecule has 1 saturated heterocycles. The number of rotatable bonds is 4. The molecule has 9 heteroatoms. The summed E-state index contributed by atoms with van der Waals surface area (Å²) in [4.78, 5) is 13.9. The van der Waals surface area contributed by atoms with Gasteiger partial charge in [-0.3, -0.25) is 9.52 Å². The van der Waals surface area contributed by atoms with Crippen LogP contribution in [0.4, 0.5) is 14.5 Å². The highest BCUT2D eigenvalue weighted by Crippen LogP contribution is 2.20. The van der Waals surface area contributed by atoms with Gasteiger partial charge in [0.1, 0.15) is 0 Å². The van der Waals surface area contributed by atoms with E-state index in [1.54, 1.807) is 4.90 Å². The highest BCUT2D eigenvalue weighted by atomic mass is 32.2. The van der Waals surface area contributed by atoms with E-state index >= 15 is 0 Å². The van der Waals surface area contributed by atoms with E-state index < -0.39 is 21.7 Å². The Morgan fingerprint density at radius 1 is 1.04 bits per heavy atom. The minimum absolute atomic E-state index is 0.117. The predicted octanol–water partition coefficient (Wildman–Crippen LogP) is 2.24. The van der Waals surface area contributed by atoms with Crippen molar-refractivity contribution < 1.29 is 26.7 Å². The number of ether oxygens (including phenoxy) is 1. The van der Waals surface area contributed by atoms with Gasteiger partial charge >= 0.3 is 0 Å². The van der Waals surface area contributed by atoms with Gasteiger partial charge in [0.15, 0.2) is 11.6 Å². The van der Waals surface area contributed by atoms with Crippen molar-refractivity contribution in [1.29, 1.82) is 0 Å². The number of carbonyl (C=O) groups is 1. The van der Waals surface area contributed by atoms with Crippen LogP contribution in [0.25, 0.3) is 0 Å². The summed E-state index contributed by atoms with van der Waals surface area (Å²) in [5.41, 5.74) is 0.105. The van der Waals surface area contributed by atoms with Crippen LogP contribution < -0.4 is 4.72 Å². The minimum Gasteiger partial charge on any atom is -0.378 e. The maximum atomic E-state index is 13.3. The van der Waals surface area contributed by atoms with E-state index in [1.807, 2.05) is 0 Å². The van der Waals surface area contributed by atoms with Gasteiger partial charge in [0.2, 0.25) is 0 Å². The average Bonchev–Trinajstić information content (AvgIpc) is 2.65. The van der Waals surface area contributed by atoms with Crippen molar-refractivity contribution >= 4 is 21.6 Å². The van der Waals surface area contributed by atoms with Crippen LogP contribution in [0.3, 0.4) is 0 Å². The second-order valence-corrected chi connectivity index (χ2v) is 7.35. The zero-order chi connectivity index (χ0) is 18.7. The molecule has 3 rings (SSSR count). The number of benzene rings is 2. The number of nitrogens with one attached hydrogen (secondary N) is 1. The van der Waals surface area contributed by atoms with Crippen molar-refractivity contribution in [2.45, 2.75) is 4.90 Å². The molecule has 0 aliphatic carbocycles. The van der Waals surface area contributed by atoms with Crippen LogP contribution >= 0.6 is 0 Å². The van der Waals surface area contributed by atoms with Crippen molar-refractivity contribution in [2.24, 2.45) is 0 Å². The summed E-state index contributed by atoms with van der Waals surface area (Å²) in [6, 6.07) is 8.22. The van der Waals surface area contributed by atoms with Crippen LogP contribution in [0.2, 0.25) is 0 Å². The van der Waals surface area contributed by atoms with E-state index in [9.17, 15) is 22.0 Å². The number of sulfonamides is 1. The fourth-order valence-electron chi connectivity index (χ4n) is 2.52. The van der Waals surface area contributed by atoms with E-state index in [-0.39, 0.29) is 22.1 Å². The number of carbonyl (C=O) groups excluding carboxylic acids is 1. The maximum absolute atomic E-state index is 13.3. The fraction of sp³-hybridized carbons (Fsp3) is 0.235. The molecule has 26 heavy (non-hydrogen) atoms. The molecule has 0 atom stereocenters. The highest BCUT2D eigenvalue weighted by molar-refractivity contribution is 7.92. The van der Waals surface area contributed by atoms with Crippen molar-refractivity contribution in [3.63, 3.8) is 0 Å². The van der Waals surface area contributed by atoms with Gasteiger partial charge in [-0.25, -0.2) is 17.2 Å². The Kier molecular flexibility index (Phi) is 5.19. The van der Waals surface area contributed by atoms with Crippen LogP contribution in [0.1, 0.15) is 10.4 Å². The van der Waals surface area contributed by atoms with Crippen LogP contribution in [0, 0.1) is 11.6 Å². The molecule has 2 aromatic rings. The molecule has 6 nitrogen and oxygen atoms in total. The summed E-state index contributed by atoms with van der Waals surface area (Å²) >= 11 is 0. The molecule has 1 amide bonds. The van der Waals surface area contributed by atoms with Crippen molar-refractivity contribution in [1.82, 2.24) is 4.90 Å². The Balaban J connectivity index is 1.83. The smallest absolute Gasteiger partial charge is 0.261 e. The number of hydrogen-bond donors (Lipinski definition) is 1. The molecule has 0 unspecified atom stereocenters. The summed E-state index contributed by atoms with van der Waals surface area (Å²) in [7, 11) is -4.06. The molecule has 0 aromatic heterocycles. The van der Waals surface area contributed by atoms with Gasteiger partial charge in [0.05, 0.1) is 23.8 Å². The summed E-state index contributed by atoms with van der Waals surface area (Å²) in [5, 5.41) is 0. The third-order valence-corrected chi connectivity index (χ3v) is 5.24. The summed E-state index contributed by atoms with van der Waals surface area (Å²) in [5.74, 6) is -2.54. The second kappa shape index (κ2) is 7.38. The topological polar surface area (TPSA) is 75.7 Å². The molecule has 1 N–H and O–H groups in total. The van der Waals surface area contributed by atoms with Gasteiger partial charge in [-0.1, -0.05) is 6.07 Å². The molecule has 1 aliphatic rings. The number of nitrogens with zero attached hydrogens (tertiary/aromatic N) is 1. The van der Waals surface area contributed by atoms with Crippen LogP contribution in [-0.2, 0) is 14.8 Å². The summed E-state index contributed by atoms with van der Waals surface area (Å²) in [6.45, 7) is 1.73. The summed E-state index contributed by atoms with van der Waals surface area (Å²) < 4.78 is 58.5. The Morgan fingerprint density at radius 3 is 2.46 bits per heavy atom. The van der Waals surface area contributed by atoms with Gasteiger partial charge in [-0.2, -0.15) is 0 Å². The van der Waals surface area contributed by atoms with E-state index in [1.165, 1.54) is 24.3 Å². The number of hydrogen-bond acceptors (Lipinski definition) is 4. The first-order chi connectivity index (χ1) is 12.4. The Morgan fingerprint density at radius 2 is 1.77 bits per heavy atom. The molecule has 0 radical (unpaired) electrons. The lowest BCUT2D eigenvalue weighted by Gasteiger charge is -2.27. The van der Waals surface area contributed by atoms with Gasteiger partial charge in [0.25, 0.3) is 15.9 Å². The predicted molar refractivity (Wildman–Crippen MR) is 90.3 cm³/mol. The molecular weight excluding hydrogens is 366 g/mol. The first-order valence-corrected chi connectivity index (χ1v) is 9.30. The minimum atomic E-state index is -4.06. The van der Waals surface area contributed by atoms with Crippen LogP contribution in [0.15, 0.2) is 47.4 Å². The van der Waals surface area contributed by atoms with Gasteiger partial charge in [0, 0.05) is 24.7 Å². The number of morpholine rings is 1. The van der Waals surface area contributed by atoms with E-state index in [0.717, 1.165) is 18.2 Å². The van der Waals surface area contributed by atoms with Gasteiger partial charge in [-0.15, -0.1) is 0 Å². The van der Waals surface area contributed by atoms with Crippen molar-refractivity contribution in [3.8, 4) is 0 Å². The largest absolute Gasteiger partial charge is 0.378 e. The average molecular weight is 382 g/mol. The Bertz CT molecular complexity index is 928. The SMILES string of the molecule is O=C(c1cccc(S(=O)(=O)Nc2ccc(F)c(F)c2)c1)N1CCOCC1. The standard InChI is InChI=1S/C17H16F2N2O4S/c18-15-5-4-13(11-16(15)19)20-26(23,24)14-3-1-2-12(10-14)17(22)21-6-8-25-9-7-21/h1-5,10-11,20H,6-9H2. The molecule has 2 aromatic carbocycles. The van der Waals surface area contributed by atoms with Crippen LogP contribution in [-0.4, -0.2) is 45.5 Å². The molecule has 0 saturated carbocycles. The van der Waals surface area contributed by atoms with Gasteiger partial charge < -0.3 is 9.64 Å². The molecule has 138 valence electrons. The Hall–Kier alpha value is -2.52. The van der Waals surface area contributed by atoms with E-state index in [0.29, 0.717) is 26.3 Å². The van der Waals surface area contributed by atoms with Gasteiger partial charge in [-0.05, 0) is 30.3 Å². The lowest BCUT2D eigenvalue weighted by Crippen LogP contribution is -2.40. The second-order valence-electron chi connectivity index (χ2n) is 5.67. The quantitative estimate of drug-likeness (QED) is 0.880. The number of amides is 1. The fourth-order valence-corrected chi connectivity index (χ4v) is 3.61. The normalized spacial score (nSPS) is 14.9. The molecule has 0 bridgehead atoms. The first kappa shape index (κ1) is 18.3. The zero-order valence-electron chi connectivity index (χ0n) is 13.6. The third kappa shape index (κ3) is 4.00. The van der Waals surface area contributed by atoms with E-state index in [2.05, 4.69) is 4.72 Å². The van der Waals surface area contributed by atoms with Crippen LogP contribution in [0.5, 0.6) is 0 Å². The lowest BCUT2D eigenvalue weighted by molar-refractivity contribution is 0.0302. The first-order valence-electron chi connectivity index (χ1n) is 7.82. The van der Waals surface area contributed by atoms with Crippen molar-refractivity contribution in [2.75, 3.05) is 31.0 Å². The number of halogens is 2. The summed E-state index contributed by atoms with van der Waals surface area (Å²) in [6.07, 6.45) is 0. The third-order valence-electron chi connectivity index (χ3n) is 3.86. The zero-order valence-corrected chi connectivity index (χ0v) is 14.4. The lowest BCUT2D eigenvalue weighted by atomic mass is 10.2. The Labute approximate surface area is 149 Å². The van der Waals surface area contributed by atoms with E-state index in [4.69, 9.17) is 4.74 Å². The van der Waals surface area contributed by atoms with Crippen molar-refractivity contribution in [3.05, 3.63) is 59.7 Å². The molecule has 1 aliphatic heterocycles. The monoisotopic (exact) mass is 382 g/mol. The number of anilines is 1. The molecular formula is C17H16F2N2O4S. The maximum Gasteiger partial charge on any atom is 0.261 e. The highest BCUT2D eigenvalue weighted by Gasteiger charge is 2.21. The molecule has 0 spiro atoms.